The van der Waals surface area contributed by atoms with Crippen LogP contribution in [0.1, 0.15) is 18.5 Å². The van der Waals surface area contributed by atoms with Crippen LogP contribution in [0.15, 0.2) is 53.7 Å². The number of hydrogen-bond acceptors (Lipinski definition) is 4. The fourth-order valence-corrected chi connectivity index (χ4v) is 2.85. The fourth-order valence-electron chi connectivity index (χ4n) is 1.66. The standard InChI is InChI=1S/C13H15N3O2S/c1-10(11-4-6-12(14)7-5-11)16-19(17,18)13-3-2-8-15-9-13/h2-10,16H,14H2,1H3. The SMILES string of the molecule is CC(NS(=O)(=O)c1cccnc1)c1ccc(N)cc1. The maximum Gasteiger partial charge on any atom is 0.242 e. The Morgan fingerprint density at radius 3 is 2.47 bits per heavy atom. The average molecular weight is 277 g/mol. The van der Waals surface area contributed by atoms with Crippen LogP contribution < -0.4 is 10.5 Å². The number of nitrogens with two attached hydrogens (primary N) is 1. The summed E-state index contributed by atoms with van der Waals surface area (Å²) in [6, 6.07) is 9.82. The van der Waals surface area contributed by atoms with Gasteiger partial charge in [-0.3, -0.25) is 4.98 Å². The van der Waals surface area contributed by atoms with Crippen LogP contribution in [-0.4, -0.2) is 13.4 Å². The van der Waals surface area contributed by atoms with Crippen LogP contribution in [0.5, 0.6) is 0 Å². The zero-order valence-electron chi connectivity index (χ0n) is 10.4. The van der Waals surface area contributed by atoms with Crippen LogP contribution in [-0.2, 0) is 10.0 Å². The summed E-state index contributed by atoms with van der Waals surface area (Å²) in [5, 5.41) is 0. The molecule has 2 rings (SSSR count). The molecule has 0 saturated carbocycles. The number of nitrogen functional groups attached to an aromatic ring is 1. The molecule has 5 nitrogen and oxygen atoms in total. The maximum absolute atomic E-state index is 12.1. The molecule has 1 atom stereocenters. The smallest absolute Gasteiger partial charge is 0.242 e. The Morgan fingerprint density at radius 2 is 1.89 bits per heavy atom. The number of aromatic nitrogens is 1. The first-order valence-electron chi connectivity index (χ1n) is 5.77. The van der Waals surface area contributed by atoms with Gasteiger partial charge in [0.05, 0.1) is 0 Å². The highest BCUT2D eigenvalue weighted by Crippen LogP contribution is 2.17. The molecule has 0 aliphatic carbocycles. The van der Waals surface area contributed by atoms with Crippen LogP contribution in [0.4, 0.5) is 5.69 Å². The van der Waals surface area contributed by atoms with Gasteiger partial charge in [0.15, 0.2) is 0 Å². The van der Waals surface area contributed by atoms with E-state index in [2.05, 4.69) is 9.71 Å². The molecule has 6 heteroatoms. The van der Waals surface area contributed by atoms with Crippen molar-refractivity contribution in [1.29, 1.82) is 0 Å². The summed E-state index contributed by atoms with van der Waals surface area (Å²) in [4.78, 5) is 3.96. The lowest BCUT2D eigenvalue weighted by Gasteiger charge is -2.14. The zero-order valence-corrected chi connectivity index (χ0v) is 11.3. The highest BCUT2D eigenvalue weighted by Gasteiger charge is 2.18. The van der Waals surface area contributed by atoms with Crippen LogP contribution in [0, 0.1) is 0 Å². The van der Waals surface area contributed by atoms with Crippen molar-refractivity contribution in [3.8, 4) is 0 Å². The van der Waals surface area contributed by atoms with E-state index < -0.39 is 10.0 Å². The molecule has 1 unspecified atom stereocenters. The van der Waals surface area contributed by atoms with E-state index in [1.54, 1.807) is 37.3 Å². The lowest BCUT2D eigenvalue weighted by atomic mass is 10.1. The van der Waals surface area contributed by atoms with E-state index >= 15 is 0 Å². The van der Waals surface area contributed by atoms with Crippen molar-refractivity contribution in [3.63, 3.8) is 0 Å². The molecule has 1 aromatic heterocycles. The van der Waals surface area contributed by atoms with E-state index in [0.29, 0.717) is 5.69 Å². The summed E-state index contributed by atoms with van der Waals surface area (Å²) in [6.45, 7) is 1.78. The van der Waals surface area contributed by atoms with Crippen molar-refractivity contribution in [2.75, 3.05) is 5.73 Å². The van der Waals surface area contributed by atoms with Crippen LogP contribution in [0.2, 0.25) is 0 Å². The van der Waals surface area contributed by atoms with Gasteiger partial charge in [-0.2, -0.15) is 0 Å². The van der Waals surface area contributed by atoms with Crippen LogP contribution in [0.25, 0.3) is 0 Å². The third-order valence-corrected chi connectivity index (χ3v) is 4.24. The number of pyridine rings is 1. The van der Waals surface area contributed by atoms with Gasteiger partial charge in [0.1, 0.15) is 4.90 Å². The minimum Gasteiger partial charge on any atom is -0.399 e. The number of benzene rings is 1. The fraction of sp³-hybridized carbons (Fsp3) is 0.154. The van der Waals surface area contributed by atoms with Gasteiger partial charge < -0.3 is 5.73 Å². The summed E-state index contributed by atoms with van der Waals surface area (Å²) < 4.78 is 26.8. The normalized spacial score (nSPS) is 13.1. The molecule has 3 N–H and O–H groups in total. The molecule has 0 spiro atoms. The maximum atomic E-state index is 12.1. The molecule has 0 aliphatic heterocycles. The largest absolute Gasteiger partial charge is 0.399 e. The zero-order chi connectivity index (χ0) is 13.9. The van der Waals surface area contributed by atoms with Gasteiger partial charge in [-0.05, 0) is 36.8 Å². The number of anilines is 1. The van der Waals surface area contributed by atoms with Gasteiger partial charge in [0, 0.05) is 24.1 Å². The Bertz CT molecular complexity index is 639. The molecule has 100 valence electrons. The molecule has 0 saturated heterocycles. The summed E-state index contributed by atoms with van der Waals surface area (Å²) in [5.74, 6) is 0. The van der Waals surface area contributed by atoms with Crippen molar-refractivity contribution in [3.05, 3.63) is 54.4 Å². The first-order chi connectivity index (χ1) is 8.99. The van der Waals surface area contributed by atoms with Gasteiger partial charge in [0.25, 0.3) is 0 Å². The molecule has 0 fully saturated rings. The molecule has 0 amide bonds. The number of rotatable bonds is 4. The third-order valence-electron chi connectivity index (χ3n) is 2.71. The molecule has 0 aliphatic rings. The molecule has 19 heavy (non-hydrogen) atoms. The van der Waals surface area contributed by atoms with Crippen LogP contribution in [0.3, 0.4) is 0 Å². The quantitative estimate of drug-likeness (QED) is 0.833. The highest BCUT2D eigenvalue weighted by atomic mass is 32.2. The molecular formula is C13H15N3O2S. The summed E-state index contributed by atoms with van der Waals surface area (Å²) in [6.07, 6.45) is 2.85. The topological polar surface area (TPSA) is 85.1 Å². The predicted octanol–water partition coefficient (Wildman–Crippen LogP) is 1.70. The van der Waals surface area contributed by atoms with E-state index in [4.69, 9.17) is 5.73 Å². The Labute approximate surface area is 112 Å². The lowest BCUT2D eigenvalue weighted by molar-refractivity contribution is 0.566. The number of nitrogens with zero attached hydrogens (tertiary/aromatic N) is 1. The Morgan fingerprint density at radius 1 is 1.21 bits per heavy atom. The van der Waals surface area contributed by atoms with E-state index in [-0.39, 0.29) is 10.9 Å². The number of sulfonamides is 1. The average Bonchev–Trinajstić information content (AvgIpc) is 2.40. The lowest BCUT2D eigenvalue weighted by Crippen LogP contribution is -2.26. The Kier molecular flexibility index (Phi) is 3.82. The van der Waals surface area contributed by atoms with Crippen molar-refractivity contribution < 1.29 is 8.42 Å². The molecular weight excluding hydrogens is 262 g/mol. The first-order valence-corrected chi connectivity index (χ1v) is 7.25. The summed E-state index contributed by atoms with van der Waals surface area (Å²) in [7, 11) is -3.56. The van der Waals surface area contributed by atoms with E-state index in [1.165, 1.54) is 18.5 Å². The van der Waals surface area contributed by atoms with Gasteiger partial charge in [-0.15, -0.1) is 0 Å². The van der Waals surface area contributed by atoms with Crippen LogP contribution >= 0.6 is 0 Å². The van der Waals surface area contributed by atoms with Crippen molar-refractivity contribution in [2.45, 2.75) is 17.9 Å². The Balaban J connectivity index is 2.19. The molecule has 2 aromatic rings. The minimum atomic E-state index is -3.56. The molecule has 0 radical (unpaired) electrons. The monoisotopic (exact) mass is 277 g/mol. The number of hydrogen-bond donors (Lipinski definition) is 2. The van der Waals surface area contributed by atoms with Crippen molar-refractivity contribution in [1.82, 2.24) is 9.71 Å². The van der Waals surface area contributed by atoms with Gasteiger partial charge in [-0.1, -0.05) is 12.1 Å². The van der Waals surface area contributed by atoms with Gasteiger partial charge in [0.2, 0.25) is 10.0 Å². The van der Waals surface area contributed by atoms with Gasteiger partial charge in [-0.25, -0.2) is 13.1 Å². The first kappa shape index (κ1) is 13.5. The highest BCUT2D eigenvalue weighted by molar-refractivity contribution is 7.89. The molecule has 1 aromatic carbocycles. The Hall–Kier alpha value is -1.92. The second-order valence-electron chi connectivity index (χ2n) is 4.20. The predicted molar refractivity (Wildman–Crippen MR) is 73.8 cm³/mol. The second-order valence-corrected chi connectivity index (χ2v) is 5.91. The van der Waals surface area contributed by atoms with Crippen molar-refractivity contribution >= 4 is 15.7 Å². The minimum absolute atomic E-state index is 0.150. The van der Waals surface area contributed by atoms with Crippen molar-refractivity contribution in [2.24, 2.45) is 0 Å². The molecule has 0 bridgehead atoms. The third kappa shape index (κ3) is 3.30. The number of nitrogens with one attached hydrogen (secondary N) is 1. The molecule has 1 heterocycles. The summed E-state index contributed by atoms with van der Waals surface area (Å²) in [5.41, 5.74) is 7.09. The summed E-state index contributed by atoms with van der Waals surface area (Å²) >= 11 is 0. The second kappa shape index (κ2) is 5.38. The van der Waals surface area contributed by atoms with Gasteiger partial charge >= 0.3 is 0 Å². The van der Waals surface area contributed by atoms with E-state index in [9.17, 15) is 8.42 Å². The van der Waals surface area contributed by atoms with E-state index in [1.807, 2.05) is 0 Å². The van der Waals surface area contributed by atoms with E-state index in [0.717, 1.165) is 5.56 Å².